The molecule has 1 heterocycles. The van der Waals surface area contributed by atoms with Gasteiger partial charge in [-0.15, -0.1) is 0 Å². The maximum Gasteiger partial charge on any atom is 0.332 e. The van der Waals surface area contributed by atoms with E-state index in [1.807, 2.05) is 0 Å². The molecule has 5 nitrogen and oxygen atoms in total. The van der Waals surface area contributed by atoms with Crippen LogP contribution in [0.1, 0.15) is 19.5 Å². The number of nitrogens with zero attached hydrogens (tertiary/aromatic N) is 2. The fraction of sp³-hybridized carbons (Fsp3) is 0.556. The standard InChI is InChI=1S/C9H15N3O2/c1-4-14-8(13)9(2,10)7-5-6-12(3)11-7/h5-6H,4,10H2,1-3H3. The second-order valence-corrected chi connectivity index (χ2v) is 3.30. The Balaban J connectivity index is 2.89. The van der Waals surface area contributed by atoms with Gasteiger partial charge < -0.3 is 10.5 Å². The third kappa shape index (κ3) is 1.93. The van der Waals surface area contributed by atoms with E-state index in [2.05, 4.69) is 5.10 Å². The Bertz CT molecular complexity index is 331. The highest BCUT2D eigenvalue weighted by atomic mass is 16.5. The minimum Gasteiger partial charge on any atom is -0.464 e. The number of hydrogen-bond acceptors (Lipinski definition) is 4. The number of rotatable bonds is 3. The number of carbonyl (C=O) groups is 1. The number of carbonyl (C=O) groups excluding carboxylic acids is 1. The summed E-state index contributed by atoms with van der Waals surface area (Å²) >= 11 is 0. The minimum atomic E-state index is -1.17. The first-order chi connectivity index (χ1) is 6.48. The van der Waals surface area contributed by atoms with Crippen molar-refractivity contribution in [2.24, 2.45) is 12.8 Å². The molecule has 0 aliphatic heterocycles. The molecular formula is C9H15N3O2. The molecule has 0 spiro atoms. The van der Waals surface area contributed by atoms with Gasteiger partial charge in [-0.3, -0.25) is 4.68 Å². The van der Waals surface area contributed by atoms with Crippen LogP contribution in [0.3, 0.4) is 0 Å². The zero-order valence-electron chi connectivity index (χ0n) is 8.65. The Morgan fingerprint density at radius 2 is 2.43 bits per heavy atom. The van der Waals surface area contributed by atoms with Crippen LogP contribution in [0.2, 0.25) is 0 Å². The largest absolute Gasteiger partial charge is 0.464 e. The lowest BCUT2D eigenvalue weighted by Gasteiger charge is -2.19. The first-order valence-electron chi connectivity index (χ1n) is 4.44. The minimum absolute atomic E-state index is 0.318. The van der Waals surface area contributed by atoms with Crippen molar-refractivity contribution >= 4 is 5.97 Å². The predicted molar refractivity (Wildman–Crippen MR) is 51.4 cm³/mol. The molecular weight excluding hydrogens is 182 g/mol. The summed E-state index contributed by atoms with van der Waals surface area (Å²) in [5.74, 6) is -0.460. The number of nitrogens with two attached hydrogens (primary N) is 1. The highest BCUT2D eigenvalue weighted by Crippen LogP contribution is 2.16. The second-order valence-electron chi connectivity index (χ2n) is 3.30. The van der Waals surface area contributed by atoms with Crippen LogP contribution < -0.4 is 5.73 Å². The van der Waals surface area contributed by atoms with E-state index >= 15 is 0 Å². The SMILES string of the molecule is CCOC(=O)C(C)(N)c1ccn(C)n1. The second kappa shape index (κ2) is 3.79. The number of aromatic nitrogens is 2. The van der Waals surface area contributed by atoms with Gasteiger partial charge >= 0.3 is 5.97 Å². The molecule has 0 saturated heterocycles. The molecule has 2 N–H and O–H groups in total. The summed E-state index contributed by atoms with van der Waals surface area (Å²) in [6, 6.07) is 1.71. The van der Waals surface area contributed by atoms with Crippen molar-refractivity contribution in [3.05, 3.63) is 18.0 Å². The van der Waals surface area contributed by atoms with E-state index in [9.17, 15) is 4.79 Å². The summed E-state index contributed by atoms with van der Waals surface area (Å²) in [5, 5.41) is 4.08. The van der Waals surface area contributed by atoms with Crippen LogP contribution in [-0.4, -0.2) is 22.4 Å². The van der Waals surface area contributed by atoms with Gasteiger partial charge in [-0.25, -0.2) is 4.79 Å². The molecule has 1 rings (SSSR count). The van der Waals surface area contributed by atoms with E-state index in [1.165, 1.54) is 0 Å². The van der Waals surface area contributed by atoms with Crippen LogP contribution in [0.4, 0.5) is 0 Å². The van der Waals surface area contributed by atoms with Crippen molar-refractivity contribution in [3.63, 3.8) is 0 Å². The molecule has 0 aliphatic carbocycles. The van der Waals surface area contributed by atoms with Crippen molar-refractivity contribution in [2.45, 2.75) is 19.4 Å². The summed E-state index contributed by atoms with van der Waals surface area (Å²) in [5.41, 5.74) is 5.17. The molecule has 0 aromatic carbocycles. The monoisotopic (exact) mass is 197 g/mol. The Morgan fingerprint density at radius 3 is 2.86 bits per heavy atom. The highest BCUT2D eigenvalue weighted by molar-refractivity contribution is 5.81. The van der Waals surface area contributed by atoms with Gasteiger partial charge in [0.1, 0.15) is 0 Å². The summed E-state index contributed by atoms with van der Waals surface area (Å²) < 4.78 is 6.45. The summed E-state index contributed by atoms with van der Waals surface area (Å²) in [7, 11) is 1.77. The lowest BCUT2D eigenvalue weighted by Crippen LogP contribution is -2.43. The molecule has 0 amide bonds. The summed E-state index contributed by atoms with van der Waals surface area (Å²) in [4.78, 5) is 11.5. The van der Waals surface area contributed by atoms with Crippen molar-refractivity contribution in [3.8, 4) is 0 Å². The lowest BCUT2D eigenvalue weighted by atomic mass is 10.0. The van der Waals surface area contributed by atoms with Crippen LogP contribution in [0, 0.1) is 0 Å². The van der Waals surface area contributed by atoms with Crippen molar-refractivity contribution < 1.29 is 9.53 Å². The third-order valence-electron chi connectivity index (χ3n) is 1.95. The molecule has 78 valence electrons. The van der Waals surface area contributed by atoms with Gasteiger partial charge in [0.2, 0.25) is 0 Å². The topological polar surface area (TPSA) is 70.1 Å². The molecule has 0 fully saturated rings. The van der Waals surface area contributed by atoms with Gasteiger partial charge in [-0.2, -0.15) is 5.10 Å². The smallest absolute Gasteiger partial charge is 0.332 e. The Morgan fingerprint density at radius 1 is 1.79 bits per heavy atom. The number of hydrogen-bond donors (Lipinski definition) is 1. The van der Waals surface area contributed by atoms with E-state index in [4.69, 9.17) is 10.5 Å². The number of ether oxygens (including phenoxy) is 1. The van der Waals surface area contributed by atoms with Gasteiger partial charge in [0.15, 0.2) is 5.54 Å². The van der Waals surface area contributed by atoms with Crippen molar-refractivity contribution in [2.75, 3.05) is 6.61 Å². The fourth-order valence-corrected chi connectivity index (χ4v) is 1.08. The number of esters is 1. The molecule has 1 aromatic heterocycles. The van der Waals surface area contributed by atoms with Crippen LogP contribution in [0.5, 0.6) is 0 Å². The van der Waals surface area contributed by atoms with Gasteiger partial charge in [0.25, 0.3) is 0 Å². The van der Waals surface area contributed by atoms with Gasteiger partial charge in [0.05, 0.1) is 12.3 Å². The van der Waals surface area contributed by atoms with Gasteiger partial charge in [-0.1, -0.05) is 0 Å². The van der Waals surface area contributed by atoms with Gasteiger partial charge in [0, 0.05) is 13.2 Å². The molecule has 1 aromatic rings. The normalized spacial score (nSPS) is 14.9. The van der Waals surface area contributed by atoms with E-state index < -0.39 is 11.5 Å². The van der Waals surface area contributed by atoms with Crippen LogP contribution in [0.25, 0.3) is 0 Å². The summed E-state index contributed by atoms with van der Waals surface area (Å²) in [6.45, 7) is 3.65. The first kappa shape index (κ1) is 10.7. The van der Waals surface area contributed by atoms with Crippen LogP contribution in [-0.2, 0) is 22.1 Å². The third-order valence-corrected chi connectivity index (χ3v) is 1.95. The Kier molecular flexibility index (Phi) is 2.90. The highest BCUT2D eigenvalue weighted by Gasteiger charge is 2.34. The predicted octanol–water partition coefficient (Wildman–Crippen LogP) is 0.157. The first-order valence-corrected chi connectivity index (χ1v) is 4.44. The Hall–Kier alpha value is -1.36. The lowest BCUT2D eigenvalue weighted by molar-refractivity contribution is -0.149. The molecule has 1 atom stereocenters. The van der Waals surface area contributed by atoms with Crippen LogP contribution >= 0.6 is 0 Å². The maximum atomic E-state index is 11.5. The molecule has 14 heavy (non-hydrogen) atoms. The zero-order chi connectivity index (χ0) is 10.8. The number of aryl methyl sites for hydroxylation is 1. The molecule has 0 aliphatic rings. The van der Waals surface area contributed by atoms with Crippen LogP contribution in [0.15, 0.2) is 12.3 Å². The fourth-order valence-electron chi connectivity index (χ4n) is 1.08. The van der Waals surface area contributed by atoms with E-state index in [-0.39, 0.29) is 0 Å². The van der Waals surface area contributed by atoms with E-state index in [0.717, 1.165) is 0 Å². The quantitative estimate of drug-likeness (QED) is 0.700. The Labute approximate surface area is 82.8 Å². The molecule has 1 unspecified atom stereocenters. The summed E-state index contributed by atoms with van der Waals surface area (Å²) in [6.07, 6.45) is 1.74. The molecule has 0 bridgehead atoms. The zero-order valence-corrected chi connectivity index (χ0v) is 8.65. The van der Waals surface area contributed by atoms with Crippen molar-refractivity contribution in [1.29, 1.82) is 0 Å². The van der Waals surface area contributed by atoms with E-state index in [1.54, 1.807) is 37.8 Å². The molecule has 5 heteroatoms. The average molecular weight is 197 g/mol. The van der Waals surface area contributed by atoms with Crippen molar-refractivity contribution in [1.82, 2.24) is 9.78 Å². The molecule has 0 radical (unpaired) electrons. The molecule has 0 saturated carbocycles. The van der Waals surface area contributed by atoms with Gasteiger partial charge in [-0.05, 0) is 19.9 Å². The maximum absolute atomic E-state index is 11.5. The van der Waals surface area contributed by atoms with E-state index in [0.29, 0.717) is 12.3 Å². The average Bonchev–Trinajstić information content (AvgIpc) is 2.52.